The highest BCUT2D eigenvalue weighted by atomic mass is 19.1. The summed E-state index contributed by atoms with van der Waals surface area (Å²) in [5.74, 6) is -3.93. The number of rotatable bonds is 3. The predicted molar refractivity (Wildman–Crippen MR) is 119 cm³/mol. The lowest BCUT2D eigenvalue weighted by atomic mass is 9.94. The second-order valence-corrected chi connectivity index (χ2v) is 8.31. The van der Waals surface area contributed by atoms with Gasteiger partial charge in [-0.3, -0.25) is 14.5 Å². The molecule has 0 bridgehead atoms. The van der Waals surface area contributed by atoms with E-state index in [2.05, 4.69) is 0 Å². The summed E-state index contributed by atoms with van der Waals surface area (Å²) < 4.78 is 33.9. The molecule has 34 heavy (non-hydrogen) atoms. The zero-order valence-electron chi connectivity index (χ0n) is 18.0. The SMILES string of the molecule is CC1Cc2cc(/C(O)=C3/C(=O)C(=O)N(c4ccc(F)cc4F)C3c3cccc(O)c3)ccc2O1. The summed E-state index contributed by atoms with van der Waals surface area (Å²) in [6, 6.07) is 12.1. The Morgan fingerprint density at radius 1 is 1.06 bits per heavy atom. The van der Waals surface area contributed by atoms with Crippen molar-refractivity contribution in [2.45, 2.75) is 25.5 Å². The van der Waals surface area contributed by atoms with Crippen molar-refractivity contribution in [3.8, 4) is 11.5 Å². The molecule has 3 aromatic carbocycles. The lowest BCUT2D eigenvalue weighted by molar-refractivity contribution is -0.132. The number of ether oxygens (including phenoxy) is 1. The molecular formula is C26H19F2NO5. The number of phenolic OH excluding ortho intramolecular Hbond substituents is 1. The number of benzene rings is 3. The molecule has 0 aromatic heterocycles. The van der Waals surface area contributed by atoms with Gasteiger partial charge in [-0.15, -0.1) is 0 Å². The molecule has 2 N–H and O–H groups in total. The molecule has 1 saturated heterocycles. The van der Waals surface area contributed by atoms with Crippen molar-refractivity contribution in [3.63, 3.8) is 0 Å². The number of carbonyl (C=O) groups excluding carboxylic acids is 2. The maximum absolute atomic E-state index is 14.7. The minimum atomic E-state index is -1.25. The van der Waals surface area contributed by atoms with Crippen LogP contribution < -0.4 is 9.64 Å². The largest absolute Gasteiger partial charge is 0.508 e. The summed E-state index contributed by atoms with van der Waals surface area (Å²) in [5.41, 5.74) is 0.796. The number of amides is 1. The van der Waals surface area contributed by atoms with Crippen molar-refractivity contribution in [2.75, 3.05) is 4.90 Å². The molecule has 1 fully saturated rings. The molecule has 0 radical (unpaired) electrons. The van der Waals surface area contributed by atoms with E-state index >= 15 is 0 Å². The number of hydrogen-bond donors (Lipinski definition) is 2. The third-order valence-electron chi connectivity index (χ3n) is 5.97. The third kappa shape index (κ3) is 3.48. The molecule has 6 nitrogen and oxygen atoms in total. The standard InChI is InChI=1S/C26H19F2NO5/c1-13-9-16-10-15(5-8-21(16)34-13)24(31)22-23(14-3-2-4-18(30)11-14)29(26(33)25(22)32)20-7-6-17(27)12-19(20)28/h2-8,10-13,23,30-31H,9H2,1H3/b24-22-. The smallest absolute Gasteiger partial charge is 0.300 e. The van der Waals surface area contributed by atoms with Crippen LogP contribution in [0, 0.1) is 11.6 Å². The Hall–Kier alpha value is -4.20. The highest BCUT2D eigenvalue weighted by molar-refractivity contribution is 6.51. The second kappa shape index (κ2) is 7.98. The summed E-state index contributed by atoms with van der Waals surface area (Å²) in [4.78, 5) is 27.1. The Bertz CT molecular complexity index is 1380. The Balaban J connectivity index is 1.71. The van der Waals surface area contributed by atoms with Crippen LogP contribution in [0.4, 0.5) is 14.5 Å². The number of aromatic hydroxyl groups is 1. The molecule has 2 unspecified atom stereocenters. The van der Waals surface area contributed by atoms with Gasteiger partial charge in [-0.1, -0.05) is 12.1 Å². The van der Waals surface area contributed by atoms with Crippen LogP contribution in [0.25, 0.3) is 5.76 Å². The van der Waals surface area contributed by atoms with E-state index in [1.165, 1.54) is 24.3 Å². The first kappa shape index (κ1) is 21.6. The van der Waals surface area contributed by atoms with Gasteiger partial charge in [-0.2, -0.15) is 0 Å². The predicted octanol–water partition coefficient (Wildman–Crippen LogP) is 4.62. The van der Waals surface area contributed by atoms with Gasteiger partial charge in [-0.05, 0) is 60.5 Å². The number of halogens is 2. The molecule has 0 aliphatic carbocycles. The normalized spacial score (nSPS) is 21.0. The molecule has 5 rings (SSSR count). The molecule has 0 saturated carbocycles. The molecule has 2 aliphatic heterocycles. The topological polar surface area (TPSA) is 87.1 Å². The van der Waals surface area contributed by atoms with Gasteiger partial charge in [0.2, 0.25) is 0 Å². The fourth-order valence-corrected chi connectivity index (χ4v) is 4.49. The van der Waals surface area contributed by atoms with Crippen molar-refractivity contribution in [1.29, 1.82) is 0 Å². The van der Waals surface area contributed by atoms with Gasteiger partial charge in [0, 0.05) is 18.1 Å². The van der Waals surface area contributed by atoms with Crippen molar-refractivity contribution < 1.29 is 33.3 Å². The van der Waals surface area contributed by atoms with Gasteiger partial charge in [0.15, 0.2) is 0 Å². The molecule has 172 valence electrons. The number of ketones is 1. The minimum absolute atomic E-state index is 0.0354. The molecule has 2 heterocycles. The number of anilines is 1. The molecule has 2 aliphatic rings. The monoisotopic (exact) mass is 463 g/mol. The molecule has 8 heteroatoms. The van der Waals surface area contributed by atoms with Crippen molar-refractivity contribution in [3.05, 3.63) is 94.6 Å². The van der Waals surface area contributed by atoms with E-state index in [1.807, 2.05) is 6.92 Å². The zero-order valence-corrected chi connectivity index (χ0v) is 18.0. The summed E-state index contributed by atoms with van der Waals surface area (Å²) in [6.07, 6.45) is 0.577. The van der Waals surface area contributed by atoms with Crippen LogP contribution in [0.3, 0.4) is 0 Å². The fourth-order valence-electron chi connectivity index (χ4n) is 4.49. The number of fused-ring (bicyclic) bond motifs is 1. The van der Waals surface area contributed by atoms with Gasteiger partial charge in [0.1, 0.15) is 35.0 Å². The van der Waals surface area contributed by atoms with Crippen molar-refractivity contribution in [1.82, 2.24) is 0 Å². The van der Waals surface area contributed by atoms with Crippen LogP contribution >= 0.6 is 0 Å². The van der Waals surface area contributed by atoms with E-state index in [9.17, 15) is 28.6 Å². The molecule has 1 amide bonds. The van der Waals surface area contributed by atoms with Crippen molar-refractivity contribution >= 4 is 23.1 Å². The van der Waals surface area contributed by atoms with E-state index in [0.29, 0.717) is 23.8 Å². The van der Waals surface area contributed by atoms with Gasteiger partial charge in [-0.25, -0.2) is 8.78 Å². The van der Waals surface area contributed by atoms with Crippen LogP contribution in [0.1, 0.15) is 29.7 Å². The van der Waals surface area contributed by atoms with E-state index in [1.54, 1.807) is 18.2 Å². The van der Waals surface area contributed by atoms with Crippen LogP contribution in [0.2, 0.25) is 0 Å². The third-order valence-corrected chi connectivity index (χ3v) is 5.97. The number of nitrogens with zero attached hydrogens (tertiary/aromatic N) is 1. The van der Waals surface area contributed by atoms with Crippen LogP contribution in [-0.2, 0) is 16.0 Å². The van der Waals surface area contributed by atoms with Gasteiger partial charge in [0.25, 0.3) is 11.7 Å². The molecule has 2 atom stereocenters. The van der Waals surface area contributed by atoms with E-state index < -0.39 is 35.1 Å². The maximum Gasteiger partial charge on any atom is 0.300 e. The van der Waals surface area contributed by atoms with Gasteiger partial charge in [0.05, 0.1) is 17.3 Å². The van der Waals surface area contributed by atoms with Crippen LogP contribution in [0.5, 0.6) is 11.5 Å². The van der Waals surface area contributed by atoms with Crippen LogP contribution in [-0.4, -0.2) is 28.0 Å². The number of carbonyl (C=O) groups is 2. The average Bonchev–Trinajstić information content (AvgIpc) is 3.29. The summed E-state index contributed by atoms with van der Waals surface area (Å²) in [6.45, 7) is 1.91. The Labute approximate surface area is 193 Å². The zero-order chi connectivity index (χ0) is 24.1. The lowest BCUT2D eigenvalue weighted by Crippen LogP contribution is -2.30. The Morgan fingerprint density at radius 3 is 2.59 bits per heavy atom. The number of aliphatic hydroxyl groups excluding tert-OH is 1. The average molecular weight is 463 g/mol. The highest BCUT2D eigenvalue weighted by Gasteiger charge is 2.48. The molecule has 0 spiro atoms. The van der Waals surface area contributed by atoms with Gasteiger partial charge >= 0.3 is 0 Å². The van der Waals surface area contributed by atoms with Crippen LogP contribution in [0.15, 0.2) is 66.2 Å². The van der Waals surface area contributed by atoms with Gasteiger partial charge < -0.3 is 14.9 Å². The first-order valence-electron chi connectivity index (χ1n) is 10.6. The van der Waals surface area contributed by atoms with E-state index in [0.717, 1.165) is 22.6 Å². The first-order valence-corrected chi connectivity index (χ1v) is 10.6. The summed E-state index contributed by atoms with van der Waals surface area (Å²) >= 11 is 0. The quantitative estimate of drug-likeness (QED) is 0.336. The number of phenols is 1. The Morgan fingerprint density at radius 2 is 1.85 bits per heavy atom. The maximum atomic E-state index is 14.7. The number of aliphatic hydroxyl groups is 1. The number of Topliss-reactive ketones (excluding diaryl/α,β-unsaturated/α-hetero) is 1. The summed E-state index contributed by atoms with van der Waals surface area (Å²) in [7, 11) is 0. The summed E-state index contributed by atoms with van der Waals surface area (Å²) in [5, 5.41) is 21.2. The second-order valence-electron chi connectivity index (χ2n) is 8.31. The van der Waals surface area contributed by atoms with E-state index in [-0.39, 0.29) is 28.7 Å². The number of hydrogen-bond acceptors (Lipinski definition) is 5. The Kier molecular flexibility index (Phi) is 5.08. The highest BCUT2D eigenvalue weighted by Crippen LogP contribution is 2.44. The molecular weight excluding hydrogens is 444 g/mol. The van der Waals surface area contributed by atoms with E-state index in [4.69, 9.17) is 4.74 Å². The fraction of sp³-hybridized carbons (Fsp3) is 0.154. The lowest BCUT2D eigenvalue weighted by Gasteiger charge is -2.26. The van der Waals surface area contributed by atoms with Crippen molar-refractivity contribution in [2.24, 2.45) is 0 Å². The first-order chi connectivity index (χ1) is 16.2. The minimum Gasteiger partial charge on any atom is -0.508 e. The molecule has 3 aromatic rings.